The normalized spacial score (nSPS) is 11.2. The summed E-state index contributed by atoms with van der Waals surface area (Å²) >= 11 is 0. The van der Waals surface area contributed by atoms with Crippen LogP contribution in [0.4, 0.5) is 0 Å². The molecule has 0 fully saturated rings. The predicted octanol–water partition coefficient (Wildman–Crippen LogP) is 0.228. The molecule has 114 valence electrons. The van der Waals surface area contributed by atoms with E-state index in [1.807, 2.05) is 18.2 Å². The summed E-state index contributed by atoms with van der Waals surface area (Å²) in [7, 11) is 0. The van der Waals surface area contributed by atoms with Crippen molar-refractivity contribution in [3.05, 3.63) is 46.5 Å². The van der Waals surface area contributed by atoms with Gasteiger partial charge in [-0.25, -0.2) is 4.68 Å². The molecular formula is C14H15N5O3. The van der Waals surface area contributed by atoms with Crippen molar-refractivity contribution in [2.24, 2.45) is 0 Å². The first-order valence-electron chi connectivity index (χ1n) is 6.79. The van der Waals surface area contributed by atoms with E-state index >= 15 is 0 Å². The Morgan fingerprint density at radius 2 is 2.00 bits per heavy atom. The smallest absolute Gasteiger partial charge is 0.302 e. The SMILES string of the molecule is Cc1nc2n(COCCO)nc(-c3ccccc3)c(=O)n2n1. The van der Waals surface area contributed by atoms with Crippen molar-refractivity contribution in [2.45, 2.75) is 13.7 Å². The Morgan fingerprint density at radius 1 is 1.23 bits per heavy atom. The fourth-order valence-corrected chi connectivity index (χ4v) is 2.10. The third kappa shape index (κ3) is 2.61. The highest BCUT2D eigenvalue weighted by atomic mass is 16.5. The zero-order chi connectivity index (χ0) is 15.5. The Kier molecular flexibility index (Phi) is 3.94. The summed E-state index contributed by atoms with van der Waals surface area (Å²) in [5.74, 6) is 0.778. The molecule has 1 aromatic carbocycles. The molecule has 2 heterocycles. The van der Waals surface area contributed by atoms with Gasteiger partial charge in [-0.05, 0) is 6.92 Å². The highest BCUT2D eigenvalue weighted by molar-refractivity contribution is 5.57. The quantitative estimate of drug-likeness (QED) is 0.678. The summed E-state index contributed by atoms with van der Waals surface area (Å²) in [6, 6.07) is 9.14. The second kappa shape index (κ2) is 6.04. The van der Waals surface area contributed by atoms with Crippen LogP contribution in [0.1, 0.15) is 5.82 Å². The molecule has 22 heavy (non-hydrogen) atoms. The first-order valence-corrected chi connectivity index (χ1v) is 6.79. The lowest BCUT2D eigenvalue weighted by molar-refractivity contribution is 0.0427. The largest absolute Gasteiger partial charge is 0.394 e. The topological polar surface area (TPSA) is 94.5 Å². The highest BCUT2D eigenvalue weighted by Crippen LogP contribution is 2.12. The molecule has 0 bridgehead atoms. The molecule has 0 amide bonds. The Morgan fingerprint density at radius 3 is 2.73 bits per heavy atom. The van der Waals surface area contributed by atoms with Gasteiger partial charge in [-0.1, -0.05) is 30.3 Å². The molecule has 2 aromatic heterocycles. The van der Waals surface area contributed by atoms with E-state index < -0.39 is 0 Å². The van der Waals surface area contributed by atoms with Crippen LogP contribution >= 0.6 is 0 Å². The lowest BCUT2D eigenvalue weighted by Gasteiger charge is -2.09. The molecule has 3 rings (SSSR count). The van der Waals surface area contributed by atoms with Crippen LogP contribution in [0.2, 0.25) is 0 Å². The molecule has 0 spiro atoms. The van der Waals surface area contributed by atoms with E-state index in [-0.39, 0.29) is 31.2 Å². The molecule has 8 heteroatoms. The number of aliphatic hydroxyl groups excluding tert-OH is 1. The number of fused-ring (bicyclic) bond motifs is 1. The molecule has 1 N–H and O–H groups in total. The molecule has 0 saturated heterocycles. The van der Waals surface area contributed by atoms with Gasteiger partial charge in [0.25, 0.3) is 5.78 Å². The van der Waals surface area contributed by atoms with Crippen LogP contribution in [0.25, 0.3) is 17.0 Å². The van der Waals surface area contributed by atoms with Crippen molar-refractivity contribution in [2.75, 3.05) is 13.2 Å². The van der Waals surface area contributed by atoms with Crippen LogP contribution < -0.4 is 5.56 Å². The summed E-state index contributed by atoms with van der Waals surface area (Å²) in [4.78, 5) is 16.7. The Bertz CT molecular complexity index is 841. The molecule has 8 nitrogen and oxygen atoms in total. The van der Waals surface area contributed by atoms with E-state index in [4.69, 9.17) is 9.84 Å². The van der Waals surface area contributed by atoms with Crippen molar-refractivity contribution in [1.29, 1.82) is 0 Å². The number of ether oxygens (including phenoxy) is 1. The third-order valence-electron chi connectivity index (χ3n) is 3.04. The van der Waals surface area contributed by atoms with E-state index in [1.165, 1.54) is 9.20 Å². The van der Waals surface area contributed by atoms with Gasteiger partial charge < -0.3 is 9.84 Å². The number of aryl methyl sites for hydroxylation is 1. The van der Waals surface area contributed by atoms with Gasteiger partial charge in [-0.3, -0.25) is 4.79 Å². The molecule has 0 aliphatic rings. The lowest BCUT2D eigenvalue weighted by atomic mass is 10.2. The highest BCUT2D eigenvalue weighted by Gasteiger charge is 2.15. The van der Waals surface area contributed by atoms with Gasteiger partial charge in [0.1, 0.15) is 12.6 Å². The van der Waals surface area contributed by atoms with Crippen molar-refractivity contribution >= 4 is 5.78 Å². The van der Waals surface area contributed by atoms with Crippen molar-refractivity contribution < 1.29 is 9.84 Å². The second-order valence-electron chi connectivity index (χ2n) is 4.65. The lowest BCUT2D eigenvalue weighted by Crippen LogP contribution is -2.25. The average molecular weight is 301 g/mol. The minimum absolute atomic E-state index is 0.0717. The summed E-state index contributed by atoms with van der Waals surface area (Å²) in [6.45, 7) is 1.86. The molecule has 0 aliphatic carbocycles. The van der Waals surface area contributed by atoms with Crippen molar-refractivity contribution in [1.82, 2.24) is 24.4 Å². The summed E-state index contributed by atoms with van der Waals surface area (Å²) in [5, 5.41) is 17.2. The first-order chi connectivity index (χ1) is 10.7. The van der Waals surface area contributed by atoms with E-state index in [0.29, 0.717) is 17.2 Å². The zero-order valence-corrected chi connectivity index (χ0v) is 12.0. The maximum absolute atomic E-state index is 12.5. The molecule has 0 saturated carbocycles. The number of benzene rings is 1. The Labute approximate surface area is 125 Å². The van der Waals surface area contributed by atoms with E-state index in [1.54, 1.807) is 19.1 Å². The Balaban J connectivity index is 2.17. The van der Waals surface area contributed by atoms with E-state index in [0.717, 1.165) is 0 Å². The fourth-order valence-electron chi connectivity index (χ4n) is 2.10. The predicted molar refractivity (Wildman–Crippen MR) is 78.3 cm³/mol. The number of hydrogen-bond acceptors (Lipinski definition) is 6. The third-order valence-corrected chi connectivity index (χ3v) is 3.04. The zero-order valence-electron chi connectivity index (χ0n) is 12.0. The van der Waals surface area contributed by atoms with Crippen molar-refractivity contribution in [3.8, 4) is 11.3 Å². The van der Waals surface area contributed by atoms with Crippen LogP contribution in [0.5, 0.6) is 0 Å². The average Bonchev–Trinajstić information content (AvgIpc) is 2.93. The van der Waals surface area contributed by atoms with Gasteiger partial charge in [0.2, 0.25) is 0 Å². The molecule has 0 aliphatic heterocycles. The van der Waals surface area contributed by atoms with Gasteiger partial charge in [-0.2, -0.15) is 14.6 Å². The van der Waals surface area contributed by atoms with Gasteiger partial charge >= 0.3 is 5.56 Å². The molecule has 0 unspecified atom stereocenters. The number of aliphatic hydroxyl groups is 1. The van der Waals surface area contributed by atoms with Crippen LogP contribution in [-0.2, 0) is 11.5 Å². The number of hydrogen-bond donors (Lipinski definition) is 1. The van der Waals surface area contributed by atoms with Gasteiger partial charge in [0.15, 0.2) is 5.69 Å². The number of rotatable bonds is 5. The molecule has 0 atom stereocenters. The number of nitrogens with zero attached hydrogens (tertiary/aromatic N) is 5. The van der Waals surface area contributed by atoms with Crippen LogP contribution in [0.3, 0.4) is 0 Å². The maximum atomic E-state index is 12.5. The van der Waals surface area contributed by atoms with Crippen molar-refractivity contribution in [3.63, 3.8) is 0 Å². The monoisotopic (exact) mass is 301 g/mol. The molecule has 0 radical (unpaired) electrons. The van der Waals surface area contributed by atoms with Crippen LogP contribution in [0, 0.1) is 6.92 Å². The van der Waals surface area contributed by atoms with E-state index in [9.17, 15) is 4.79 Å². The second-order valence-corrected chi connectivity index (χ2v) is 4.65. The fraction of sp³-hybridized carbons (Fsp3) is 0.286. The summed E-state index contributed by atoms with van der Waals surface area (Å²) in [6.07, 6.45) is 0. The minimum atomic E-state index is -0.333. The van der Waals surface area contributed by atoms with E-state index in [2.05, 4.69) is 15.2 Å². The molecular weight excluding hydrogens is 286 g/mol. The van der Waals surface area contributed by atoms with Gasteiger partial charge in [0, 0.05) is 5.56 Å². The minimum Gasteiger partial charge on any atom is -0.394 e. The van der Waals surface area contributed by atoms with Gasteiger partial charge in [0.05, 0.1) is 13.2 Å². The summed E-state index contributed by atoms with van der Waals surface area (Å²) < 4.78 is 7.96. The Hall–Kier alpha value is -2.58. The van der Waals surface area contributed by atoms with Gasteiger partial charge in [-0.15, -0.1) is 5.10 Å². The van der Waals surface area contributed by atoms with Crippen LogP contribution in [0.15, 0.2) is 35.1 Å². The van der Waals surface area contributed by atoms with Crippen LogP contribution in [-0.4, -0.2) is 42.7 Å². The number of aromatic nitrogens is 5. The summed E-state index contributed by atoms with van der Waals surface area (Å²) in [5.41, 5.74) is 0.629. The standard InChI is InChI=1S/C14H15N5O3/c1-10-15-14-18(9-22-8-7-20)17-12(13(21)19(14)16-10)11-5-3-2-4-6-11/h2-6,20H,7-9H2,1H3. The first kappa shape index (κ1) is 14.4. The molecule has 3 aromatic rings. The maximum Gasteiger partial charge on any atom is 0.302 e.